The topological polar surface area (TPSA) is 102 Å². The van der Waals surface area contributed by atoms with E-state index < -0.39 is 29.3 Å². The number of likely N-dealkylation sites (tertiary alicyclic amines) is 1. The Morgan fingerprint density at radius 1 is 1.20 bits per heavy atom. The minimum absolute atomic E-state index is 0.195. The van der Waals surface area contributed by atoms with Crippen LogP contribution in [0.15, 0.2) is 42.0 Å². The van der Waals surface area contributed by atoms with E-state index in [0.29, 0.717) is 39.1 Å². The molecule has 4 rings (SSSR count). The van der Waals surface area contributed by atoms with E-state index in [1.165, 1.54) is 12.2 Å². The first-order valence-electron chi connectivity index (χ1n) is 11.2. The van der Waals surface area contributed by atoms with Crippen molar-refractivity contribution in [1.29, 1.82) is 0 Å². The molecule has 1 spiro atoms. The number of piperidine rings is 1. The van der Waals surface area contributed by atoms with E-state index >= 15 is 0 Å². The van der Waals surface area contributed by atoms with E-state index in [-0.39, 0.29) is 23.3 Å². The molecule has 0 saturated carbocycles. The van der Waals surface area contributed by atoms with Crippen molar-refractivity contribution in [3.8, 4) is 5.75 Å². The molecule has 11 heteroatoms. The number of nitrogens with two attached hydrogens (primary N) is 1. The zero-order valence-electron chi connectivity index (χ0n) is 18.8. The number of benzene rings is 1. The summed E-state index contributed by atoms with van der Waals surface area (Å²) in [5, 5.41) is 1.92. The number of allylic oxidation sites excluding steroid dienone is 2. The van der Waals surface area contributed by atoms with Crippen LogP contribution in [-0.2, 0) is 26.3 Å². The third kappa shape index (κ3) is 4.95. The SMILES string of the molecule is NCc1ccc2c(c1)C1(CCN(C(=O)C3=CC=CC(Cl)(C(=O)NCC(=O)C(F)(F)F)C3)CC1)CO2. The molecule has 1 aromatic carbocycles. The lowest BCUT2D eigenvalue weighted by Crippen LogP contribution is -2.49. The van der Waals surface area contributed by atoms with Crippen LogP contribution in [0, 0.1) is 0 Å². The molecule has 7 nitrogen and oxygen atoms in total. The number of hydrogen-bond acceptors (Lipinski definition) is 5. The van der Waals surface area contributed by atoms with Crippen LogP contribution < -0.4 is 15.8 Å². The largest absolute Gasteiger partial charge is 0.492 e. The maximum Gasteiger partial charge on any atom is 0.451 e. The van der Waals surface area contributed by atoms with E-state index in [1.807, 2.05) is 17.4 Å². The summed E-state index contributed by atoms with van der Waals surface area (Å²) in [5.41, 5.74) is 7.99. The Bertz CT molecular complexity index is 1110. The molecule has 1 unspecified atom stereocenters. The molecule has 0 bridgehead atoms. The van der Waals surface area contributed by atoms with Crippen LogP contribution in [0.25, 0.3) is 0 Å². The molecule has 1 aromatic rings. The number of ether oxygens (including phenoxy) is 1. The predicted molar refractivity (Wildman–Crippen MR) is 122 cm³/mol. The highest BCUT2D eigenvalue weighted by molar-refractivity contribution is 6.37. The minimum Gasteiger partial charge on any atom is -0.492 e. The summed E-state index contributed by atoms with van der Waals surface area (Å²) in [6.07, 6.45) is 0.385. The monoisotopic (exact) mass is 511 g/mol. The van der Waals surface area contributed by atoms with E-state index in [9.17, 15) is 27.6 Å². The second-order valence-corrected chi connectivity index (χ2v) is 9.76. The van der Waals surface area contributed by atoms with E-state index in [2.05, 4.69) is 6.07 Å². The van der Waals surface area contributed by atoms with Gasteiger partial charge in [-0.05, 0) is 24.5 Å². The lowest BCUT2D eigenvalue weighted by molar-refractivity contribution is -0.170. The fourth-order valence-electron chi connectivity index (χ4n) is 4.72. The molecule has 188 valence electrons. The quantitative estimate of drug-likeness (QED) is 0.592. The van der Waals surface area contributed by atoms with Crippen molar-refractivity contribution >= 4 is 29.2 Å². The molecular weight excluding hydrogens is 487 g/mol. The molecule has 2 amide bonds. The maximum absolute atomic E-state index is 13.2. The molecule has 2 heterocycles. The van der Waals surface area contributed by atoms with E-state index in [4.69, 9.17) is 22.1 Å². The number of hydrogen-bond donors (Lipinski definition) is 2. The Labute approximate surface area is 205 Å². The summed E-state index contributed by atoms with van der Waals surface area (Å²) in [6.45, 7) is 0.675. The number of Topliss-reactive ketones (excluding diaryl/α,β-unsaturated/α-hetero) is 1. The van der Waals surface area contributed by atoms with Gasteiger partial charge in [-0.3, -0.25) is 14.4 Å². The number of nitrogens with zero attached hydrogens (tertiary/aromatic N) is 1. The average molecular weight is 512 g/mol. The standard InChI is InChI=1S/C24H25ClF3N3O4/c25-23(21(34)30-13-19(32)24(26,27)28)5-1-2-16(11-23)20(33)31-8-6-22(7-9-31)14-35-18-4-3-15(12-29)10-17(18)22/h1-5,10H,6-9,11-14,29H2,(H,30,34). The van der Waals surface area contributed by atoms with Crippen LogP contribution >= 0.6 is 11.6 Å². The Morgan fingerprint density at radius 2 is 1.91 bits per heavy atom. The number of halogens is 4. The third-order valence-corrected chi connectivity index (χ3v) is 7.28. The van der Waals surface area contributed by atoms with Gasteiger partial charge in [-0.2, -0.15) is 13.2 Å². The van der Waals surface area contributed by atoms with Gasteiger partial charge in [0.05, 0.1) is 13.2 Å². The van der Waals surface area contributed by atoms with Crippen LogP contribution in [0.5, 0.6) is 5.75 Å². The Kier molecular flexibility index (Phi) is 6.72. The fourth-order valence-corrected chi connectivity index (χ4v) is 5.00. The second-order valence-electron chi connectivity index (χ2n) is 9.09. The average Bonchev–Trinajstić information content (AvgIpc) is 3.18. The number of fused-ring (bicyclic) bond motifs is 2. The molecule has 1 saturated heterocycles. The van der Waals surface area contributed by atoms with Crippen molar-refractivity contribution in [3.63, 3.8) is 0 Å². The van der Waals surface area contributed by atoms with Gasteiger partial charge in [0.25, 0.3) is 5.78 Å². The molecule has 0 radical (unpaired) electrons. The van der Waals surface area contributed by atoms with Crippen molar-refractivity contribution in [2.75, 3.05) is 26.2 Å². The summed E-state index contributed by atoms with van der Waals surface area (Å²) >= 11 is 6.35. The third-order valence-electron chi connectivity index (χ3n) is 6.85. The van der Waals surface area contributed by atoms with Crippen molar-refractivity contribution < 1.29 is 32.3 Å². The molecule has 0 aromatic heterocycles. The lowest BCUT2D eigenvalue weighted by atomic mass is 9.74. The number of alkyl halides is 4. The van der Waals surface area contributed by atoms with Gasteiger partial charge in [-0.15, -0.1) is 11.6 Å². The number of nitrogens with one attached hydrogen (secondary N) is 1. The Balaban J connectivity index is 1.38. The molecular formula is C24H25ClF3N3O4. The normalized spacial score (nSPS) is 22.9. The molecule has 1 aliphatic carbocycles. The van der Waals surface area contributed by atoms with Gasteiger partial charge in [0, 0.05) is 42.6 Å². The predicted octanol–water partition coefficient (Wildman–Crippen LogP) is 2.51. The van der Waals surface area contributed by atoms with Gasteiger partial charge in [-0.25, -0.2) is 0 Å². The fraction of sp³-hybridized carbons (Fsp3) is 0.458. The summed E-state index contributed by atoms with van der Waals surface area (Å²) in [4.78, 5) is 36.6. The van der Waals surface area contributed by atoms with Crippen molar-refractivity contribution in [3.05, 3.63) is 53.1 Å². The van der Waals surface area contributed by atoms with Gasteiger partial charge in [0.1, 0.15) is 10.6 Å². The van der Waals surface area contributed by atoms with Gasteiger partial charge in [0.2, 0.25) is 11.8 Å². The van der Waals surface area contributed by atoms with Crippen LogP contribution in [0.3, 0.4) is 0 Å². The summed E-state index contributed by atoms with van der Waals surface area (Å²) in [6, 6.07) is 5.93. The highest BCUT2D eigenvalue weighted by Crippen LogP contribution is 2.46. The zero-order valence-corrected chi connectivity index (χ0v) is 19.5. The van der Waals surface area contributed by atoms with Crippen molar-refractivity contribution in [1.82, 2.24) is 10.2 Å². The Hall–Kier alpha value is -2.85. The molecule has 2 aliphatic heterocycles. The number of carbonyl (C=O) groups excluding carboxylic acids is 3. The van der Waals surface area contributed by atoms with E-state index in [1.54, 1.807) is 11.0 Å². The number of carbonyl (C=O) groups is 3. The minimum atomic E-state index is -5.06. The van der Waals surface area contributed by atoms with Gasteiger partial charge in [0.15, 0.2) is 0 Å². The molecule has 3 N–H and O–H groups in total. The summed E-state index contributed by atoms with van der Waals surface area (Å²) in [5.74, 6) is -2.51. The first-order valence-corrected chi connectivity index (χ1v) is 11.6. The molecule has 35 heavy (non-hydrogen) atoms. The maximum atomic E-state index is 13.2. The van der Waals surface area contributed by atoms with Crippen LogP contribution in [0.4, 0.5) is 13.2 Å². The smallest absolute Gasteiger partial charge is 0.451 e. The Morgan fingerprint density at radius 3 is 2.57 bits per heavy atom. The van der Waals surface area contributed by atoms with Gasteiger partial charge >= 0.3 is 6.18 Å². The highest BCUT2D eigenvalue weighted by Gasteiger charge is 2.45. The van der Waals surface area contributed by atoms with Crippen LogP contribution in [-0.4, -0.2) is 59.8 Å². The zero-order chi connectivity index (χ0) is 25.4. The first-order chi connectivity index (χ1) is 16.5. The van der Waals surface area contributed by atoms with Crippen molar-refractivity contribution in [2.24, 2.45) is 5.73 Å². The summed E-state index contributed by atoms with van der Waals surface area (Å²) in [7, 11) is 0. The lowest BCUT2D eigenvalue weighted by Gasteiger charge is -2.39. The van der Waals surface area contributed by atoms with Crippen LogP contribution in [0.2, 0.25) is 0 Å². The number of rotatable bonds is 5. The molecule has 3 aliphatic rings. The first kappa shape index (κ1) is 25.2. The van der Waals surface area contributed by atoms with Crippen LogP contribution in [0.1, 0.15) is 30.4 Å². The van der Waals surface area contributed by atoms with Gasteiger partial charge in [-0.1, -0.05) is 30.4 Å². The van der Waals surface area contributed by atoms with E-state index in [0.717, 1.165) is 16.9 Å². The number of ketones is 1. The van der Waals surface area contributed by atoms with Crippen molar-refractivity contribution in [2.45, 2.75) is 42.3 Å². The second kappa shape index (κ2) is 9.31. The van der Waals surface area contributed by atoms with Gasteiger partial charge < -0.3 is 20.7 Å². The summed E-state index contributed by atoms with van der Waals surface area (Å²) < 4.78 is 43.2. The highest BCUT2D eigenvalue weighted by atomic mass is 35.5. The molecule has 1 atom stereocenters. The number of amides is 2. The molecule has 1 fully saturated rings.